The molecule has 0 saturated heterocycles. The van der Waals surface area contributed by atoms with Gasteiger partial charge in [0.05, 0.1) is 17.6 Å². The zero-order valence-electron chi connectivity index (χ0n) is 14.6. The van der Waals surface area contributed by atoms with Gasteiger partial charge in [-0.3, -0.25) is 4.79 Å². The molecule has 2 N–H and O–H groups in total. The maximum absolute atomic E-state index is 12.3. The number of nitrogens with one attached hydrogen (secondary N) is 2. The summed E-state index contributed by atoms with van der Waals surface area (Å²) in [5.74, 6) is 0.216. The molecule has 0 fully saturated rings. The van der Waals surface area contributed by atoms with Gasteiger partial charge in [0.25, 0.3) is 5.91 Å². The zero-order valence-corrected chi connectivity index (χ0v) is 16.2. The molecule has 0 bridgehead atoms. The number of carbonyl (C=O) groups is 1. The number of sulfonamides is 1. The minimum Gasteiger partial charge on any atom is -0.496 e. The smallest absolute Gasteiger partial charge is 0.255 e. The molecule has 2 aromatic carbocycles. The van der Waals surface area contributed by atoms with Crippen LogP contribution in [0.4, 0.5) is 0 Å². The second-order valence-corrected chi connectivity index (χ2v) is 7.88. The molecule has 0 saturated carbocycles. The van der Waals surface area contributed by atoms with Crippen LogP contribution in [0.15, 0.2) is 47.4 Å². The fourth-order valence-corrected chi connectivity index (χ4v) is 3.30. The summed E-state index contributed by atoms with van der Waals surface area (Å²) >= 11 is 5.93. The molecule has 2 aromatic rings. The van der Waals surface area contributed by atoms with E-state index in [1.54, 1.807) is 42.5 Å². The van der Waals surface area contributed by atoms with E-state index in [-0.39, 0.29) is 10.8 Å². The Morgan fingerprint density at radius 1 is 1.15 bits per heavy atom. The number of amides is 1. The third-order valence-corrected chi connectivity index (χ3v) is 5.50. The van der Waals surface area contributed by atoms with Crippen molar-refractivity contribution in [2.24, 2.45) is 0 Å². The van der Waals surface area contributed by atoms with Crippen LogP contribution in [0.5, 0.6) is 5.75 Å². The number of methoxy groups -OCH3 is 1. The van der Waals surface area contributed by atoms with Gasteiger partial charge >= 0.3 is 0 Å². The number of benzene rings is 2. The quantitative estimate of drug-likeness (QED) is 0.672. The van der Waals surface area contributed by atoms with E-state index in [9.17, 15) is 13.2 Å². The van der Waals surface area contributed by atoms with Crippen molar-refractivity contribution in [1.82, 2.24) is 10.0 Å². The molecule has 0 atom stereocenters. The molecule has 0 aliphatic carbocycles. The SMILES string of the molecule is CNS(=O)(=O)c1ccc(CCCNC(=O)c2cc(Cl)ccc2OC)cc1. The molecule has 26 heavy (non-hydrogen) atoms. The molecule has 1 amide bonds. The van der Waals surface area contributed by atoms with Gasteiger partial charge in [0, 0.05) is 11.6 Å². The molecule has 2 rings (SSSR count). The highest BCUT2D eigenvalue weighted by molar-refractivity contribution is 7.89. The fourth-order valence-electron chi connectivity index (χ4n) is 2.40. The highest BCUT2D eigenvalue weighted by Gasteiger charge is 2.13. The molecule has 0 heterocycles. The predicted octanol–water partition coefficient (Wildman–Crippen LogP) is 2.62. The van der Waals surface area contributed by atoms with Crippen molar-refractivity contribution in [2.75, 3.05) is 20.7 Å². The Hall–Kier alpha value is -2.09. The Bertz CT molecular complexity index is 867. The number of halogens is 1. The molecular formula is C18H21ClN2O4S. The molecule has 0 aliphatic rings. The Morgan fingerprint density at radius 2 is 1.85 bits per heavy atom. The van der Waals surface area contributed by atoms with Gasteiger partial charge in [-0.05, 0) is 55.8 Å². The van der Waals surface area contributed by atoms with Crippen LogP contribution in [0, 0.1) is 0 Å². The lowest BCUT2D eigenvalue weighted by Gasteiger charge is -2.10. The first-order valence-corrected chi connectivity index (χ1v) is 9.87. The summed E-state index contributed by atoms with van der Waals surface area (Å²) in [7, 11) is -0.548. The van der Waals surface area contributed by atoms with Crippen LogP contribution in [0.3, 0.4) is 0 Å². The molecule has 0 spiro atoms. The fraction of sp³-hybridized carbons (Fsp3) is 0.278. The van der Waals surface area contributed by atoms with Crippen LogP contribution in [-0.4, -0.2) is 35.0 Å². The molecule has 0 unspecified atom stereocenters. The Labute approximate surface area is 158 Å². The molecule has 6 nitrogen and oxygen atoms in total. The van der Waals surface area contributed by atoms with Crippen molar-refractivity contribution in [3.8, 4) is 5.75 Å². The van der Waals surface area contributed by atoms with E-state index < -0.39 is 10.0 Å². The van der Waals surface area contributed by atoms with E-state index in [2.05, 4.69) is 10.0 Å². The summed E-state index contributed by atoms with van der Waals surface area (Å²) < 4.78 is 30.8. The van der Waals surface area contributed by atoms with E-state index >= 15 is 0 Å². The third-order valence-electron chi connectivity index (χ3n) is 3.84. The molecule has 0 radical (unpaired) electrons. The van der Waals surface area contributed by atoms with Crippen molar-refractivity contribution in [1.29, 1.82) is 0 Å². The number of hydrogen-bond acceptors (Lipinski definition) is 4. The second-order valence-electron chi connectivity index (χ2n) is 5.56. The minimum absolute atomic E-state index is 0.227. The zero-order chi connectivity index (χ0) is 19.2. The van der Waals surface area contributed by atoms with Crippen molar-refractivity contribution < 1.29 is 17.9 Å². The van der Waals surface area contributed by atoms with Gasteiger partial charge in [0.2, 0.25) is 10.0 Å². The van der Waals surface area contributed by atoms with Crippen LogP contribution < -0.4 is 14.8 Å². The average Bonchev–Trinajstić information content (AvgIpc) is 2.65. The van der Waals surface area contributed by atoms with Gasteiger partial charge in [0.1, 0.15) is 5.75 Å². The summed E-state index contributed by atoms with van der Waals surface area (Å²) in [4.78, 5) is 12.5. The Morgan fingerprint density at radius 3 is 2.46 bits per heavy atom. The van der Waals surface area contributed by atoms with E-state index in [1.165, 1.54) is 14.2 Å². The van der Waals surface area contributed by atoms with Crippen molar-refractivity contribution in [2.45, 2.75) is 17.7 Å². The van der Waals surface area contributed by atoms with Crippen molar-refractivity contribution in [3.05, 3.63) is 58.6 Å². The van der Waals surface area contributed by atoms with Crippen LogP contribution in [0.2, 0.25) is 5.02 Å². The number of hydrogen-bond donors (Lipinski definition) is 2. The molecule has 0 aromatic heterocycles. The first-order chi connectivity index (χ1) is 12.4. The Balaban J connectivity index is 1.87. The van der Waals surface area contributed by atoms with Gasteiger partial charge in [0.15, 0.2) is 0 Å². The van der Waals surface area contributed by atoms with E-state index in [1.807, 2.05) is 0 Å². The van der Waals surface area contributed by atoms with Crippen molar-refractivity contribution >= 4 is 27.5 Å². The molecule has 8 heteroatoms. The first-order valence-electron chi connectivity index (χ1n) is 8.01. The van der Waals surface area contributed by atoms with Crippen LogP contribution in [0.1, 0.15) is 22.3 Å². The lowest BCUT2D eigenvalue weighted by molar-refractivity contribution is 0.0950. The summed E-state index contributed by atoms with van der Waals surface area (Å²) in [5, 5.41) is 3.30. The van der Waals surface area contributed by atoms with Crippen LogP contribution in [-0.2, 0) is 16.4 Å². The van der Waals surface area contributed by atoms with Gasteiger partial charge in [-0.1, -0.05) is 23.7 Å². The first kappa shape index (κ1) is 20.2. The Kier molecular flexibility index (Phi) is 7.02. The van der Waals surface area contributed by atoms with Gasteiger partial charge < -0.3 is 10.1 Å². The van der Waals surface area contributed by atoms with Crippen LogP contribution in [0.25, 0.3) is 0 Å². The lowest BCUT2D eigenvalue weighted by Crippen LogP contribution is -2.25. The maximum Gasteiger partial charge on any atom is 0.255 e. The van der Waals surface area contributed by atoms with E-state index in [0.717, 1.165) is 5.56 Å². The van der Waals surface area contributed by atoms with Gasteiger partial charge in [-0.25, -0.2) is 13.1 Å². The van der Waals surface area contributed by atoms with E-state index in [0.29, 0.717) is 35.7 Å². The highest BCUT2D eigenvalue weighted by Crippen LogP contribution is 2.22. The predicted molar refractivity (Wildman–Crippen MR) is 101 cm³/mol. The van der Waals surface area contributed by atoms with Crippen LogP contribution >= 0.6 is 11.6 Å². The molecular weight excluding hydrogens is 376 g/mol. The monoisotopic (exact) mass is 396 g/mol. The van der Waals surface area contributed by atoms with Crippen molar-refractivity contribution in [3.63, 3.8) is 0 Å². The summed E-state index contributed by atoms with van der Waals surface area (Å²) in [6.45, 7) is 0.477. The van der Waals surface area contributed by atoms with Gasteiger partial charge in [-0.15, -0.1) is 0 Å². The number of rotatable bonds is 8. The molecule has 0 aliphatic heterocycles. The lowest BCUT2D eigenvalue weighted by atomic mass is 10.1. The topological polar surface area (TPSA) is 84.5 Å². The highest BCUT2D eigenvalue weighted by atomic mass is 35.5. The third kappa shape index (κ3) is 5.20. The summed E-state index contributed by atoms with van der Waals surface area (Å²) in [6, 6.07) is 11.6. The number of ether oxygens (including phenoxy) is 1. The summed E-state index contributed by atoms with van der Waals surface area (Å²) in [5.41, 5.74) is 1.39. The number of aryl methyl sites for hydroxylation is 1. The maximum atomic E-state index is 12.3. The molecule has 140 valence electrons. The van der Waals surface area contributed by atoms with Gasteiger partial charge in [-0.2, -0.15) is 0 Å². The standard InChI is InChI=1S/C18H21ClN2O4S/c1-20-26(23,24)15-8-5-13(6-9-15)4-3-11-21-18(22)16-12-14(19)7-10-17(16)25-2/h5-10,12,20H,3-4,11H2,1-2H3,(H,21,22). The largest absolute Gasteiger partial charge is 0.496 e. The normalized spacial score (nSPS) is 11.2. The average molecular weight is 397 g/mol. The minimum atomic E-state index is -3.42. The second kappa shape index (κ2) is 9.02. The van der Waals surface area contributed by atoms with E-state index in [4.69, 9.17) is 16.3 Å². The summed E-state index contributed by atoms with van der Waals surface area (Å²) in [6.07, 6.45) is 1.43. The number of carbonyl (C=O) groups excluding carboxylic acids is 1.